The number of morpholine rings is 1. The number of ether oxygens (including phenoxy) is 2. The summed E-state index contributed by atoms with van der Waals surface area (Å²) in [5.41, 5.74) is 3.51. The zero-order valence-electron chi connectivity index (χ0n) is 19.7. The summed E-state index contributed by atoms with van der Waals surface area (Å²) in [6.45, 7) is 2.23. The number of carbonyl (C=O) groups excluding carboxylic acids is 2. The molecule has 35 heavy (non-hydrogen) atoms. The summed E-state index contributed by atoms with van der Waals surface area (Å²) in [4.78, 5) is 37.1. The molecule has 3 heterocycles. The van der Waals surface area contributed by atoms with Gasteiger partial charge in [0.2, 0.25) is 5.91 Å². The number of nitrogens with zero attached hydrogens (tertiary/aromatic N) is 3. The van der Waals surface area contributed by atoms with Crippen molar-refractivity contribution in [2.75, 3.05) is 38.7 Å². The quantitative estimate of drug-likeness (QED) is 0.523. The van der Waals surface area contributed by atoms with E-state index in [1.165, 1.54) is 17.8 Å². The molecule has 1 saturated carbocycles. The van der Waals surface area contributed by atoms with Crippen LogP contribution < -0.4 is 10.1 Å². The molecule has 1 aliphatic carbocycles. The first-order chi connectivity index (χ1) is 17.1. The van der Waals surface area contributed by atoms with E-state index in [9.17, 15) is 9.59 Å². The van der Waals surface area contributed by atoms with Crippen LogP contribution in [0.3, 0.4) is 0 Å². The zero-order valence-corrected chi connectivity index (χ0v) is 20.5. The molecule has 1 aliphatic heterocycles. The van der Waals surface area contributed by atoms with E-state index in [0.717, 1.165) is 34.7 Å². The first kappa shape index (κ1) is 23.4. The molecule has 0 unspecified atom stereocenters. The number of aromatic nitrogens is 2. The predicted molar refractivity (Wildman–Crippen MR) is 135 cm³/mol. The van der Waals surface area contributed by atoms with Gasteiger partial charge in [0.25, 0.3) is 5.91 Å². The molecule has 0 atom stereocenters. The van der Waals surface area contributed by atoms with Gasteiger partial charge < -0.3 is 19.7 Å². The molecule has 0 bridgehead atoms. The Hall–Kier alpha value is -3.30. The predicted octanol–water partition coefficient (Wildman–Crippen LogP) is 4.48. The van der Waals surface area contributed by atoms with Crippen molar-refractivity contribution in [3.63, 3.8) is 0 Å². The molecular weight excluding hydrogens is 464 g/mol. The minimum absolute atomic E-state index is 0.0673. The van der Waals surface area contributed by atoms with E-state index in [1.54, 1.807) is 30.5 Å². The molecule has 1 aromatic carbocycles. The average Bonchev–Trinajstić information content (AvgIpc) is 3.34. The number of hydrogen-bond acceptors (Lipinski definition) is 7. The van der Waals surface area contributed by atoms with Crippen molar-refractivity contribution in [3.05, 3.63) is 47.6 Å². The molecule has 1 N–H and O–H groups in total. The summed E-state index contributed by atoms with van der Waals surface area (Å²) in [7, 11) is 1.56. The van der Waals surface area contributed by atoms with Crippen LogP contribution in [0.4, 0.5) is 5.69 Å². The van der Waals surface area contributed by atoms with Gasteiger partial charge in [0.05, 0.1) is 60.2 Å². The fraction of sp³-hybridized carbons (Fsp3) is 0.385. The van der Waals surface area contributed by atoms with Crippen LogP contribution in [-0.2, 0) is 9.53 Å². The number of benzene rings is 1. The highest BCUT2D eigenvalue weighted by molar-refractivity contribution is 7.14. The van der Waals surface area contributed by atoms with Gasteiger partial charge in [-0.25, -0.2) is 4.98 Å². The van der Waals surface area contributed by atoms with E-state index in [4.69, 9.17) is 14.5 Å². The number of anilines is 1. The second kappa shape index (κ2) is 10.5. The Morgan fingerprint density at radius 1 is 1.17 bits per heavy atom. The van der Waals surface area contributed by atoms with Crippen molar-refractivity contribution in [1.29, 1.82) is 0 Å². The number of hydrogen-bond donors (Lipinski definition) is 1. The van der Waals surface area contributed by atoms with E-state index >= 15 is 0 Å². The summed E-state index contributed by atoms with van der Waals surface area (Å²) in [5, 5.41) is 4.93. The number of thiophene rings is 1. The van der Waals surface area contributed by atoms with Crippen LogP contribution in [0.15, 0.2) is 42.0 Å². The minimum atomic E-state index is -0.0676. The summed E-state index contributed by atoms with van der Waals surface area (Å²) in [6.07, 6.45) is 7.52. The van der Waals surface area contributed by atoms with Crippen LogP contribution >= 0.6 is 11.3 Å². The van der Waals surface area contributed by atoms with E-state index < -0.39 is 0 Å². The highest BCUT2D eigenvalue weighted by Crippen LogP contribution is 2.33. The molecule has 2 fully saturated rings. The van der Waals surface area contributed by atoms with Gasteiger partial charge in [-0.2, -0.15) is 0 Å². The molecule has 0 spiro atoms. The topological polar surface area (TPSA) is 93.7 Å². The number of carbonyl (C=O) groups is 2. The Labute approximate surface area is 208 Å². The van der Waals surface area contributed by atoms with E-state index in [0.29, 0.717) is 55.6 Å². The Kier molecular flexibility index (Phi) is 7.06. The summed E-state index contributed by atoms with van der Waals surface area (Å²) in [5.74, 6) is 1.03. The lowest BCUT2D eigenvalue weighted by molar-refractivity contribution is -0.117. The second-order valence-electron chi connectivity index (χ2n) is 8.86. The van der Waals surface area contributed by atoms with Crippen LogP contribution in [0.2, 0.25) is 0 Å². The van der Waals surface area contributed by atoms with Gasteiger partial charge >= 0.3 is 0 Å². The molecule has 2 aliphatic rings. The third-order valence-corrected chi connectivity index (χ3v) is 7.45. The lowest BCUT2D eigenvalue weighted by atomic mass is 9.83. The van der Waals surface area contributed by atoms with E-state index in [1.807, 2.05) is 23.6 Å². The number of amides is 2. The maximum atomic E-state index is 13.0. The SMILES string of the molecule is COc1cc(-c2cncc(-c3cc(NC(=O)CC4CCC4)cs3)n2)ccc1C(=O)N1CCOCC1. The lowest BCUT2D eigenvalue weighted by Crippen LogP contribution is -2.40. The Bertz CT molecular complexity index is 1220. The Balaban J connectivity index is 1.32. The van der Waals surface area contributed by atoms with Crippen molar-refractivity contribution in [3.8, 4) is 27.6 Å². The van der Waals surface area contributed by atoms with E-state index in [2.05, 4.69) is 10.3 Å². The van der Waals surface area contributed by atoms with Crippen molar-refractivity contribution in [2.45, 2.75) is 25.7 Å². The lowest BCUT2D eigenvalue weighted by Gasteiger charge is -2.27. The smallest absolute Gasteiger partial charge is 0.257 e. The third kappa shape index (κ3) is 5.36. The van der Waals surface area contributed by atoms with Crippen molar-refractivity contribution < 1.29 is 19.1 Å². The van der Waals surface area contributed by atoms with Crippen LogP contribution in [0, 0.1) is 5.92 Å². The fourth-order valence-corrected chi connectivity index (χ4v) is 5.09. The third-order valence-electron chi connectivity index (χ3n) is 6.50. The number of methoxy groups -OCH3 is 1. The summed E-state index contributed by atoms with van der Waals surface area (Å²) in [6, 6.07) is 7.40. The van der Waals surface area contributed by atoms with Crippen molar-refractivity contribution >= 4 is 28.8 Å². The molecule has 2 aromatic heterocycles. The monoisotopic (exact) mass is 492 g/mol. The van der Waals surface area contributed by atoms with Gasteiger partial charge in [0.1, 0.15) is 5.75 Å². The normalized spacial score (nSPS) is 16.0. The van der Waals surface area contributed by atoms with Gasteiger partial charge in [-0.1, -0.05) is 12.5 Å². The van der Waals surface area contributed by atoms with Crippen LogP contribution in [0.25, 0.3) is 21.8 Å². The van der Waals surface area contributed by atoms with Crippen molar-refractivity contribution in [1.82, 2.24) is 14.9 Å². The molecule has 5 rings (SSSR count). The maximum Gasteiger partial charge on any atom is 0.257 e. The number of nitrogens with one attached hydrogen (secondary N) is 1. The minimum Gasteiger partial charge on any atom is -0.496 e. The van der Waals surface area contributed by atoms with Gasteiger partial charge in [0.15, 0.2) is 0 Å². The standard InChI is InChI=1S/C26H28N4O4S/c1-33-23-12-18(5-6-20(23)26(32)30-7-9-34-10-8-30)21-14-27-15-22(29-21)24-13-19(16-35-24)28-25(31)11-17-3-2-4-17/h5-6,12-17H,2-4,7-11H2,1H3,(H,28,31). The highest BCUT2D eigenvalue weighted by atomic mass is 32.1. The largest absolute Gasteiger partial charge is 0.496 e. The molecule has 2 amide bonds. The van der Waals surface area contributed by atoms with Crippen LogP contribution in [0.1, 0.15) is 36.0 Å². The fourth-order valence-electron chi connectivity index (χ4n) is 4.30. The van der Waals surface area contributed by atoms with Crippen LogP contribution in [0.5, 0.6) is 5.75 Å². The van der Waals surface area contributed by atoms with Crippen LogP contribution in [-0.4, -0.2) is 60.1 Å². The second-order valence-corrected chi connectivity index (χ2v) is 9.77. The van der Waals surface area contributed by atoms with Crippen molar-refractivity contribution in [2.24, 2.45) is 5.92 Å². The van der Waals surface area contributed by atoms with Gasteiger partial charge in [-0.15, -0.1) is 11.3 Å². The zero-order chi connectivity index (χ0) is 24.2. The Morgan fingerprint density at radius 3 is 2.71 bits per heavy atom. The van der Waals surface area contributed by atoms with E-state index in [-0.39, 0.29) is 11.8 Å². The van der Waals surface area contributed by atoms with Gasteiger partial charge in [-0.05, 0) is 37.0 Å². The number of rotatable bonds is 7. The molecule has 0 radical (unpaired) electrons. The first-order valence-corrected chi connectivity index (χ1v) is 12.7. The highest BCUT2D eigenvalue weighted by Gasteiger charge is 2.23. The van der Waals surface area contributed by atoms with Gasteiger partial charge in [-0.3, -0.25) is 14.6 Å². The maximum absolute atomic E-state index is 13.0. The summed E-state index contributed by atoms with van der Waals surface area (Å²) >= 11 is 1.51. The molecule has 9 heteroatoms. The van der Waals surface area contributed by atoms with Gasteiger partial charge in [0, 0.05) is 30.5 Å². The molecule has 3 aromatic rings. The average molecular weight is 493 g/mol. The Morgan fingerprint density at radius 2 is 1.97 bits per heavy atom. The molecule has 1 saturated heterocycles. The molecule has 182 valence electrons. The first-order valence-electron chi connectivity index (χ1n) is 11.9. The molecule has 8 nitrogen and oxygen atoms in total. The summed E-state index contributed by atoms with van der Waals surface area (Å²) < 4.78 is 10.9. The molecular formula is C26H28N4O4S.